The van der Waals surface area contributed by atoms with Crippen molar-refractivity contribution >= 4 is 23.6 Å². The number of thioether (sulfide) groups is 1. The number of hydrogen-bond acceptors (Lipinski definition) is 6. The van der Waals surface area contributed by atoms with Crippen LogP contribution in [-0.4, -0.2) is 38.4 Å². The van der Waals surface area contributed by atoms with E-state index < -0.39 is 0 Å². The molecule has 26 heavy (non-hydrogen) atoms. The number of nitrogens with one attached hydrogen (secondary N) is 2. The lowest BCUT2D eigenvalue weighted by atomic mass is 9.95. The highest BCUT2D eigenvalue weighted by molar-refractivity contribution is 7.99. The number of carbonyl (C=O) groups excluding carboxylic acids is 2. The fourth-order valence-electron chi connectivity index (χ4n) is 2.93. The molecule has 0 aliphatic heterocycles. The van der Waals surface area contributed by atoms with E-state index in [0.717, 1.165) is 12.8 Å². The summed E-state index contributed by atoms with van der Waals surface area (Å²) in [6.07, 6.45) is 7.23. The van der Waals surface area contributed by atoms with E-state index in [1.54, 1.807) is 16.7 Å². The van der Waals surface area contributed by atoms with Crippen LogP contribution in [0.5, 0.6) is 0 Å². The van der Waals surface area contributed by atoms with Crippen molar-refractivity contribution in [3.63, 3.8) is 0 Å². The standard InChI is InChI=1S/C17H23N5O3S/c1-22-14(10-18-16(24)13-8-5-9-25-13)20-21-17(22)26-11-15(23)19-12-6-3-2-4-7-12/h5,8-9,12H,2-4,6-7,10-11H2,1H3,(H,18,24)(H,19,23). The van der Waals surface area contributed by atoms with Crippen LogP contribution in [0.4, 0.5) is 0 Å². The zero-order chi connectivity index (χ0) is 18.4. The number of hydrogen-bond donors (Lipinski definition) is 2. The molecule has 2 aromatic rings. The monoisotopic (exact) mass is 377 g/mol. The highest BCUT2D eigenvalue weighted by Gasteiger charge is 2.17. The summed E-state index contributed by atoms with van der Waals surface area (Å²) >= 11 is 1.34. The molecule has 2 amide bonds. The predicted molar refractivity (Wildman–Crippen MR) is 96.6 cm³/mol. The highest BCUT2D eigenvalue weighted by Crippen LogP contribution is 2.19. The molecular weight excluding hydrogens is 354 g/mol. The van der Waals surface area contributed by atoms with Crippen molar-refractivity contribution < 1.29 is 14.0 Å². The first-order chi connectivity index (χ1) is 12.6. The summed E-state index contributed by atoms with van der Waals surface area (Å²) in [5, 5.41) is 14.6. The molecule has 1 aliphatic carbocycles. The van der Waals surface area contributed by atoms with Gasteiger partial charge in [0.25, 0.3) is 5.91 Å². The molecule has 0 atom stereocenters. The second-order valence-electron chi connectivity index (χ2n) is 6.31. The fourth-order valence-corrected chi connectivity index (χ4v) is 3.67. The summed E-state index contributed by atoms with van der Waals surface area (Å²) in [6.45, 7) is 0.234. The van der Waals surface area contributed by atoms with E-state index in [1.807, 2.05) is 7.05 Å². The molecule has 2 heterocycles. The molecule has 0 aromatic carbocycles. The first kappa shape index (κ1) is 18.5. The average Bonchev–Trinajstić information content (AvgIpc) is 3.29. The summed E-state index contributed by atoms with van der Waals surface area (Å²) in [4.78, 5) is 24.0. The average molecular weight is 377 g/mol. The minimum Gasteiger partial charge on any atom is -0.459 e. The van der Waals surface area contributed by atoms with Gasteiger partial charge in [-0.1, -0.05) is 31.0 Å². The van der Waals surface area contributed by atoms with Crippen LogP contribution in [0.2, 0.25) is 0 Å². The van der Waals surface area contributed by atoms with Crippen LogP contribution < -0.4 is 10.6 Å². The number of furan rings is 1. The van der Waals surface area contributed by atoms with Crippen LogP contribution in [0, 0.1) is 0 Å². The van der Waals surface area contributed by atoms with Gasteiger partial charge in [-0.15, -0.1) is 10.2 Å². The Morgan fingerprint density at radius 3 is 2.85 bits per heavy atom. The molecule has 0 saturated heterocycles. The zero-order valence-electron chi connectivity index (χ0n) is 14.7. The zero-order valence-corrected chi connectivity index (χ0v) is 15.6. The Hall–Kier alpha value is -2.29. The van der Waals surface area contributed by atoms with E-state index in [2.05, 4.69) is 20.8 Å². The van der Waals surface area contributed by atoms with Gasteiger partial charge in [-0.25, -0.2) is 0 Å². The van der Waals surface area contributed by atoms with Gasteiger partial charge in [-0.2, -0.15) is 0 Å². The normalized spacial score (nSPS) is 15.0. The molecule has 1 saturated carbocycles. The molecule has 8 nitrogen and oxygen atoms in total. The maximum absolute atomic E-state index is 12.1. The summed E-state index contributed by atoms with van der Waals surface area (Å²) in [5.74, 6) is 0.888. The third-order valence-corrected chi connectivity index (χ3v) is 5.40. The van der Waals surface area contributed by atoms with Crippen LogP contribution in [0.25, 0.3) is 0 Å². The lowest BCUT2D eigenvalue weighted by molar-refractivity contribution is -0.119. The fraction of sp³-hybridized carbons (Fsp3) is 0.529. The van der Waals surface area contributed by atoms with Gasteiger partial charge in [0.2, 0.25) is 5.91 Å². The maximum atomic E-state index is 12.1. The molecule has 1 fully saturated rings. The maximum Gasteiger partial charge on any atom is 0.287 e. The van der Waals surface area contributed by atoms with E-state index in [0.29, 0.717) is 22.8 Å². The molecule has 140 valence electrons. The second kappa shape index (κ2) is 8.88. The highest BCUT2D eigenvalue weighted by atomic mass is 32.2. The topological polar surface area (TPSA) is 102 Å². The van der Waals surface area contributed by atoms with Crippen molar-refractivity contribution in [3.05, 3.63) is 30.0 Å². The lowest BCUT2D eigenvalue weighted by Crippen LogP contribution is -2.37. The number of amides is 2. The lowest BCUT2D eigenvalue weighted by Gasteiger charge is -2.22. The van der Waals surface area contributed by atoms with Crippen LogP contribution in [0.15, 0.2) is 28.0 Å². The van der Waals surface area contributed by atoms with Gasteiger partial charge in [-0.05, 0) is 25.0 Å². The Balaban J connectivity index is 1.45. The Bertz CT molecular complexity index is 738. The van der Waals surface area contributed by atoms with Crippen LogP contribution in [-0.2, 0) is 18.4 Å². The Morgan fingerprint density at radius 1 is 1.31 bits per heavy atom. The van der Waals surface area contributed by atoms with Gasteiger partial charge in [0, 0.05) is 13.1 Å². The molecule has 0 unspecified atom stereocenters. The molecule has 0 bridgehead atoms. The number of aromatic nitrogens is 3. The minimum atomic E-state index is -0.306. The Labute approximate surface area is 156 Å². The number of rotatable bonds is 7. The molecule has 9 heteroatoms. The van der Waals surface area contributed by atoms with E-state index >= 15 is 0 Å². The SMILES string of the molecule is Cn1c(CNC(=O)c2ccco2)nnc1SCC(=O)NC1CCCCC1. The smallest absolute Gasteiger partial charge is 0.287 e. The molecule has 1 aliphatic rings. The second-order valence-corrected chi connectivity index (χ2v) is 7.25. The number of nitrogens with zero attached hydrogens (tertiary/aromatic N) is 3. The van der Waals surface area contributed by atoms with Gasteiger partial charge >= 0.3 is 0 Å². The summed E-state index contributed by atoms with van der Waals surface area (Å²) < 4.78 is 6.82. The van der Waals surface area contributed by atoms with Crippen molar-refractivity contribution in [1.29, 1.82) is 0 Å². The van der Waals surface area contributed by atoms with Gasteiger partial charge < -0.3 is 19.6 Å². The Kier molecular flexibility index (Phi) is 6.32. The van der Waals surface area contributed by atoms with Crippen LogP contribution in [0.3, 0.4) is 0 Å². The van der Waals surface area contributed by atoms with Crippen LogP contribution >= 0.6 is 11.8 Å². The van der Waals surface area contributed by atoms with Crippen molar-refractivity contribution in [3.8, 4) is 0 Å². The minimum absolute atomic E-state index is 0.0255. The third kappa shape index (κ3) is 4.87. The quantitative estimate of drug-likeness (QED) is 0.714. The molecule has 0 spiro atoms. The van der Waals surface area contributed by atoms with Gasteiger partial charge in [-0.3, -0.25) is 9.59 Å². The van der Waals surface area contributed by atoms with Crippen molar-refractivity contribution in [2.45, 2.75) is 49.8 Å². The molecule has 2 N–H and O–H groups in total. The molecular formula is C17H23N5O3S. The van der Waals surface area contributed by atoms with Gasteiger partial charge in [0.05, 0.1) is 18.6 Å². The molecule has 0 radical (unpaired) electrons. The first-order valence-electron chi connectivity index (χ1n) is 8.75. The summed E-state index contributed by atoms with van der Waals surface area (Å²) in [6, 6.07) is 3.56. The van der Waals surface area contributed by atoms with Gasteiger partial charge in [0.1, 0.15) is 0 Å². The molecule has 3 rings (SSSR count). The van der Waals surface area contributed by atoms with E-state index in [4.69, 9.17) is 4.42 Å². The van der Waals surface area contributed by atoms with Crippen LogP contribution in [0.1, 0.15) is 48.5 Å². The largest absolute Gasteiger partial charge is 0.459 e. The van der Waals surface area contributed by atoms with Crippen molar-refractivity contribution in [2.75, 3.05) is 5.75 Å². The van der Waals surface area contributed by atoms with E-state index in [-0.39, 0.29) is 24.1 Å². The van der Waals surface area contributed by atoms with E-state index in [1.165, 1.54) is 37.3 Å². The summed E-state index contributed by atoms with van der Waals surface area (Å²) in [7, 11) is 1.82. The summed E-state index contributed by atoms with van der Waals surface area (Å²) in [5.41, 5.74) is 0. The predicted octanol–water partition coefficient (Wildman–Crippen LogP) is 1.88. The van der Waals surface area contributed by atoms with Gasteiger partial charge in [0.15, 0.2) is 16.7 Å². The Morgan fingerprint density at radius 2 is 2.12 bits per heavy atom. The first-order valence-corrected chi connectivity index (χ1v) is 9.74. The van der Waals surface area contributed by atoms with Crippen molar-refractivity contribution in [1.82, 2.24) is 25.4 Å². The molecule has 2 aromatic heterocycles. The van der Waals surface area contributed by atoms with Crippen molar-refractivity contribution in [2.24, 2.45) is 7.05 Å². The number of carbonyl (C=O) groups is 2. The van der Waals surface area contributed by atoms with E-state index in [9.17, 15) is 9.59 Å². The third-order valence-electron chi connectivity index (χ3n) is 4.38.